The Morgan fingerprint density at radius 2 is 1.69 bits per heavy atom. The molecule has 0 atom stereocenters. The molecule has 0 N–H and O–H groups in total. The number of thioether (sulfide) groups is 1. The molecule has 5 nitrogen and oxygen atoms in total. The van der Waals surface area contributed by atoms with Crippen LogP contribution < -0.4 is 4.74 Å². The first-order chi connectivity index (χ1) is 15.4. The highest BCUT2D eigenvalue weighted by molar-refractivity contribution is 14.1. The Morgan fingerprint density at radius 1 is 1.00 bits per heavy atom. The molecule has 0 aliphatic carbocycles. The molecule has 1 heterocycles. The number of benzene rings is 3. The summed E-state index contributed by atoms with van der Waals surface area (Å²) in [5.74, 6) is -0.529. The number of halogens is 1. The van der Waals surface area contributed by atoms with Crippen molar-refractivity contribution in [3.63, 3.8) is 0 Å². The van der Waals surface area contributed by atoms with Gasteiger partial charge in [-0.15, -0.1) is 0 Å². The second-order valence-electron chi connectivity index (χ2n) is 7.19. The van der Waals surface area contributed by atoms with E-state index in [-0.39, 0.29) is 17.7 Å². The zero-order valence-corrected chi connectivity index (χ0v) is 20.1. The third-order valence-electron chi connectivity index (χ3n) is 4.82. The van der Waals surface area contributed by atoms with Gasteiger partial charge in [-0.05, 0) is 83.2 Å². The molecule has 0 unspecified atom stereocenters. The number of esters is 1. The van der Waals surface area contributed by atoms with Gasteiger partial charge in [-0.3, -0.25) is 14.5 Å². The van der Waals surface area contributed by atoms with Gasteiger partial charge in [0.05, 0.1) is 17.0 Å². The van der Waals surface area contributed by atoms with Gasteiger partial charge in [0.1, 0.15) is 5.75 Å². The van der Waals surface area contributed by atoms with Crippen molar-refractivity contribution in [1.29, 1.82) is 0 Å². The first-order valence-corrected chi connectivity index (χ1v) is 11.7. The minimum atomic E-state index is -0.488. The summed E-state index contributed by atoms with van der Waals surface area (Å²) in [5.41, 5.74) is 2.90. The minimum Gasteiger partial charge on any atom is -0.422 e. The standard InChI is InChI=1S/C25H18INO4S/c1-16-6-10-18(11-7-16)24(29)31-21-5-3-2-4-19(21)14-22-23(28)27(25(30)32-22)15-17-8-12-20(26)13-9-17/h2-14H,15H2,1H3/b22-14-. The number of para-hydroxylation sites is 1. The fraction of sp³-hybridized carbons (Fsp3) is 0.0800. The van der Waals surface area contributed by atoms with Crippen LogP contribution in [0.2, 0.25) is 0 Å². The van der Waals surface area contributed by atoms with E-state index in [4.69, 9.17) is 4.74 Å². The van der Waals surface area contributed by atoms with E-state index in [9.17, 15) is 14.4 Å². The van der Waals surface area contributed by atoms with Crippen molar-refractivity contribution in [2.45, 2.75) is 13.5 Å². The maximum Gasteiger partial charge on any atom is 0.343 e. The molecule has 1 aliphatic heterocycles. The Kier molecular flexibility index (Phi) is 6.76. The van der Waals surface area contributed by atoms with Crippen molar-refractivity contribution in [1.82, 2.24) is 4.90 Å². The van der Waals surface area contributed by atoms with E-state index in [2.05, 4.69) is 22.6 Å². The molecule has 3 aromatic carbocycles. The first kappa shape index (κ1) is 22.3. The summed E-state index contributed by atoms with van der Waals surface area (Å²) in [6, 6.07) is 21.7. The highest BCUT2D eigenvalue weighted by Gasteiger charge is 2.35. The van der Waals surface area contributed by atoms with E-state index in [0.717, 1.165) is 26.5 Å². The number of hydrogen-bond acceptors (Lipinski definition) is 5. The minimum absolute atomic E-state index is 0.211. The summed E-state index contributed by atoms with van der Waals surface area (Å²) in [6.45, 7) is 2.15. The number of amides is 2. The second-order valence-corrected chi connectivity index (χ2v) is 9.43. The molecular formula is C25H18INO4S. The van der Waals surface area contributed by atoms with E-state index in [1.165, 1.54) is 4.90 Å². The average molecular weight is 555 g/mol. The van der Waals surface area contributed by atoms with Crippen LogP contribution in [0.4, 0.5) is 4.79 Å². The van der Waals surface area contributed by atoms with Gasteiger partial charge in [-0.1, -0.05) is 48.0 Å². The van der Waals surface area contributed by atoms with Crippen LogP contribution >= 0.6 is 34.4 Å². The van der Waals surface area contributed by atoms with Crippen LogP contribution in [0.1, 0.15) is 27.0 Å². The third-order valence-corrected chi connectivity index (χ3v) is 6.45. The highest BCUT2D eigenvalue weighted by atomic mass is 127. The number of rotatable bonds is 5. The largest absolute Gasteiger partial charge is 0.422 e. The highest BCUT2D eigenvalue weighted by Crippen LogP contribution is 2.35. The Bertz CT molecular complexity index is 1220. The molecule has 1 aliphatic rings. The molecule has 0 spiro atoms. The lowest BCUT2D eigenvalue weighted by Gasteiger charge is -2.12. The van der Waals surface area contributed by atoms with Crippen LogP contribution in [0.15, 0.2) is 77.7 Å². The summed E-state index contributed by atoms with van der Waals surface area (Å²) in [6.07, 6.45) is 1.59. The van der Waals surface area contributed by atoms with E-state index < -0.39 is 5.97 Å². The number of carbonyl (C=O) groups excluding carboxylic acids is 3. The molecule has 160 valence electrons. The van der Waals surface area contributed by atoms with Crippen molar-refractivity contribution >= 4 is 57.5 Å². The quantitative estimate of drug-likeness (QED) is 0.166. The predicted octanol–water partition coefficient (Wildman–Crippen LogP) is 6.06. The monoisotopic (exact) mass is 555 g/mol. The summed E-state index contributed by atoms with van der Waals surface area (Å²) in [5, 5.41) is -0.325. The van der Waals surface area contributed by atoms with Gasteiger partial charge < -0.3 is 4.74 Å². The van der Waals surface area contributed by atoms with Gasteiger partial charge in [0.15, 0.2) is 0 Å². The van der Waals surface area contributed by atoms with Crippen LogP contribution in [0.25, 0.3) is 6.08 Å². The number of aryl methyl sites for hydroxylation is 1. The molecule has 3 aromatic rings. The molecule has 4 rings (SSSR count). The molecule has 0 aromatic heterocycles. The number of imide groups is 1. The van der Waals surface area contributed by atoms with E-state index >= 15 is 0 Å². The molecule has 1 fully saturated rings. The summed E-state index contributed by atoms with van der Waals surface area (Å²) in [7, 11) is 0. The zero-order chi connectivity index (χ0) is 22.7. The molecule has 32 heavy (non-hydrogen) atoms. The zero-order valence-electron chi connectivity index (χ0n) is 17.1. The van der Waals surface area contributed by atoms with Crippen LogP contribution in [-0.4, -0.2) is 22.0 Å². The smallest absolute Gasteiger partial charge is 0.343 e. The number of ether oxygens (including phenoxy) is 1. The van der Waals surface area contributed by atoms with Gasteiger partial charge >= 0.3 is 5.97 Å². The topological polar surface area (TPSA) is 63.7 Å². The molecule has 0 radical (unpaired) electrons. The fourth-order valence-corrected chi connectivity index (χ4v) is 4.28. The van der Waals surface area contributed by atoms with Crippen molar-refractivity contribution in [3.8, 4) is 5.75 Å². The van der Waals surface area contributed by atoms with Gasteiger partial charge in [0.25, 0.3) is 11.1 Å². The van der Waals surface area contributed by atoms with Crippen LogP contribution in [0.3, 0.4) is 0 Å². The van der Waals surface area contributed by atoms with E-state index in [0.29, 0.717) is 21.8 Å². The lowest BCUT2D eigenvalue weighted by atomic mass is 10.1. The SMILES string of the molecule is Cc1ccc(C(=O)Oc2ccccc2/C=C2\SC(=O)N(Cc3ccc(I)cc3)C2=O)cc1. The van der Waals surface area contributed by atoms with E-state index in [1.807, 2.05) is 43.3 Å². The Balaban J connectivity index is 1.54. The fourth-order valence-electron chi connectivity index (χ4n) is 3.09. The van der Waals surface area contributed by atoms with E-state index in [1.54, 1.807) is 42.5 Å². The lowest BCUT2D eigenvalue weighted by Crippen LogP contribution is -2.27. The lowest BCUT2D eigenvalue weighted by molar-refractivity contribution is -0.123. The predicted molar refractivity (Wildman–Crippen MR) is 133 cm³/mol. The van der Waals surface area contributed by atoms with Gasteiger partial charge in [0.2, 0.25) is 0 Å². The van der Waals surface area contributed by atoms with Gasteiger partial charge in [0, 0.05) is 9.13 Å². The Labute approximate surface area is 203 Å². The second kappa shape index (κ2) is 9.70. The van der Waals surface area contributed by atoms with Crippen molar-refractivity contribution in [2.75, 3.05) is 0 Å². The van der Waals surface area contributed by atoms with Crippen molar-refractivity contribution in [3.05, 3.63) is 104 Å². The maximum atomic E-state index is 12.9. The van der Waals surface area contributed by atoms with Crippen molar-refractivity contribution < 1.29 is 19.1 Å². The molecule has 0 saturated carbocycles. The van der Waals surface area contributed by atoms with Crippen LogP contribution in [-0.2, 0) is 11.3 Å². The summed E-state index contributed by atoms with van der Waals surface area (Å²) >= 11 is 3.09. The first-order valence-electron chi connectivity index (χ1n) is 9.78. The molecule has 2 amide bonds. The maximum absolute atomic E-state index is 12.9. The number of hydrogen-bond donors (Lipinski definition) is 0. The summed E-state index contributed by atoms with van der Waals surface area (Å²) < 4.78 is 6.65. The Hall–Kier alpha value is -2.91. The molecule has 0 bridgehead atoms. The average Bonchev–Trinajstić information content (AvgIpc) is 3.04. The van der Waals surface area contributed by atoms with Crippen LogP contribution in [0.5, 0.6) is 5.75 Å². The van der Waals surface area contributed by atoms with Gasteiger partial charge in [-0.2, -0.15) is 0 Å². The van der Waals surface area contributed by atoms with Crippen LogP contribution in [0, 0.1) is 10.5 Å². The number of nitrogens with zero attached hydrogens (tertiary/aromatic N) is 1. The Morgan fingerprint density at radius 3 is 2.41 bits per heavy atom. The molecule has 1 saturated heterocycles. The third kappa shape index (κ3) is 5.11. The normalized spacial score (nSPS) is 14.8. The molecular weight excluding hydrogens is 537 g/mol. The number of carbonyl (C=O) groups is 3. The van der Waals surface area contributed by atoms with Gasteiger partial charge in [-0.25, -0.2) is 4.79 Å². The molecule has 7 heteroatoms. The summed E-state index contributed by atoms with van der Waals surface area (Å²) in [4.78, 5) is 39.4. The van der Waals surface area contributed by atoms with Crippen molar-refractivity contribution in [2.24, 2.45) is 0 Å².